The van der Waals surface area contributed by atoms with Crippen LogP contribution in [0.15, 0.2) is 72.8 Å². The third-order valence-corrected chi connectivity index (χ3v) is 10.0. The fourth-order valence-corrected chi connectivity index (χ4v) is 6.97. The van der Waals surface area contributed by atoms with Crippen LogP contribution in [0.2, 0.25) is 0 Å². The summed E-state index contributed by atoms with van der Waals surface area (Å²) >= 11 is 0. The van der Waals surface area contributed by atoms with Crippen LogP contribution in [0.1, 0.15) is 91.1 Å². The minimum Gasteiger partial charge on any atom is -0.507 e. The summed E-state index contributed by atoms with van der Waals surface area (Å²) in [5.74, 6) is 0.459. The number of hydrogen-bond acceptors (Lipinski definition) is 12. The Morgan fingerprint density at radius 2 is 0.947 bits per heavy atom. The third kappa shape index (κ3) is 9.95. The maximum atomic E-state index is 12.6. The van der Waals surface area contributed by atoms with Crippen LogP contribution in [0.25, 0.3) is 0 Å². The van der Waals surface area contributed by atoms with Gasteiger partial charge < -0.3 is 39.3 Å². The van der Waals surface area contributed by atoms with Gasteiger partial charge in [-0.15, -0.1) is 0 Å². The summed E-state index contributed by atoms with van der Waals surface area (Å²) in [6.07, 6.45) is 6.11. The van der Waals surface area contributed by atoms with Gasteiger partial charge >= 0.3 is 0 Å². The van der Waals surface area contributed by atoms with E-state index in [0.717, 1.165) is 19.1 Å². The molecule has 3 N–H and O–H groups in total. The standard InChI is InChI=1S/C22H23NO6.C21H21NO6/c1-28-20-8-2-5-15(17(20)12-24)11-23-16(6-3-10-22(23)27)14-29-21-9-4-7-19(26)18(21)13-25;23-11-16-14(4-1-6-18(16)25)10-22-15(5-2-9-21(22)27)13-28-20-8-3-7-19(26)17(20)12-24/h2,4-5,7-9,12-13,16,26H,3,6,10-11,14H2,1H3;1,3-4,6-8,11-12,15,25-26H,2,5,9-10,13H2. The molecule has 4 aromatic rings. The number of phenols is 3. The lowest BCUT2D eigenvalue weighted by atomic mass is 9.99. The van der Waals surface area contributed by atoms with Crippen molar-refractivity contribution in [3.05, 3.63) is 106 Å². The molecule has 0 radical (unpaired) electrons. The number of benzene rings is 4. The van der Waals surface area contributed by atoms with Gasteiger partial charge in [0.05, 0.1) is 41.4 Å². The minimum atomic E-state index is -0.259. The van der Waals surface area contributed by atoms with E-state index in [2.05, 4.69) is 0 Å². The maximum absolute atomic E-state index is 12.6. The van der Waals surface area contributed by atoms with Crippen molar-refractivity contribution in [3.63, 3.8) is 0 Å². The zero-order valence-corrected chi connectivity index (χ0v) is 31.4. The number of likely N-dealkylation sites (tertiary alicyclic amines) is 2. The zero-order chi connectivity index (χ0) is 40.9. The number of piperidine rings is 2. The quantitative estimate of drug-likeness (QED) is 0.125. The van der Waals surface area contributed by atoms with Crippen molar-refractivity contribution in [2.24, 2.45) is 0 Å². The number of hydrogen-bond donors (Lipinski definition) is 3. The van der Waals surface area contributed by atoms with Crippen molar-refractivity contribution in [3.8, 4) is 34.5 Å². The van der Waals surface area contributed by atoms with E-state index in [1.807, 2.05) is 0 Å². The molecule has 57 heavy (non-hydrogen) atoms. The molecule has 0 saturated carbocycles. The normalized spacial score (nSPS) is 16.5. The third-order valence-electron chi connectivity index (χ3n) is 10.0. The van der Waals surface area contributed by atoms with Crippen molar-refractivity contribution in [2.75, 3.05) is 20.3 Å². The number of ether oxygens (including phenoxy) is 3. The topological polar surface area (TPSA) is 197 Å². The summed E-state index contributed by atoms with van der Waals surface area (Å²) in [6, 6.07) is 18.7. The van der Waals surface area contributed by atoms with Gasteiger partial charge in [0.15, 0.2) is 25.1 Å². The highest BCUT2D eigenvalue weighted by Gasteiger charge is 2.31. The molecular weight excluding hydrogens is 736 g/mol. The van der Waals surface area contributed by atoms with Gasteiger partial charge in [-0.1, -0.05) is 36.4 Å². The number of phenolic OH excluding ortho intramolecular Hbond substituents is 3. The van der Waals surface area contributed by atoms with Crippen molar-refractivity contribution in [1.29, 1.82) is 0 Å². The molecule has 0 bridgehead atoms. The van der Waals surface area contributed by atoms with Crippen LogP contribution in [0.5, 0.6) is 34.5 Å². The van der Waals surface area contributed by atoms with E-state index >= 15 is 0 Å². The predicted octanol–water partition coefficient (Wildman–Crippen LogP) is 5.67. The van der Waals surface area contributed by atoms with Crippen LogP contribution in [0, 0.1) is 0 Å². The first-order valence-corrected chi connectivity index (χ1v) is 18.4. The average Bonchev–Trinajstić information content (AvgIpc) is 3.21. The van der Waals surface area contributed by atoms with Gasteiger partial charge in [0, 0.05) is 25.9 Å². The van der Waals surface area contributed by atoms with Gasteiger partial charge in [0.1, 0.15) is 47.7 Å². The van der Waals surface area contributed by atoms with Gasteiger partial charge in [0.2, 0.25) is 11.8 Å². The zero-order valence-electron chi connectivity index (χ0n) is 31.4. The second-order valence-corrected chi connectivity index (χ2v) is 13.5. The highest BCUT2D eigenvalue weighted by molar-refractivity contribution is 5.85. The Kier molecular flexibility index (Phi) is 14.4. The summed E-state index contributed by atoms with van der Waals surface area (Å²) in [4.78, 5) is 73.8. The van der Waals surface area contributed by atoms with Gasteiger partial charge in [0.25, 0.3) is 0 Å². The molecular formula is C43H44N2O12. The first-order chi connectivity index (χ1) is 27.6. The molecule has 2 aliphatic heterocycles. The number of aldehydes is 4. The molecule has 4 aromatic carbocycles. The molecule has 14 heteroatoms. The molecule has 6 rings (SSSR count). The van der Waals surface area contributed by atoms with Crippen molar-refractivity contribution in [1.82, 2.24) is 9.80 Å². The van der Waals surface area contributed by atoms with E-state index < -0.39 is 0 Å². The average molecular weight is 781 g/mol. The van der Waals surface area contributed by atoms with Gasteiger partial charge in [-0.05, 0) is 73.2 Å². The van der Waals surface area contributed by atoms with Crippen LogP contribution in [-0.2, 0) is 22.7 Å². The van der Waals surface area contributed by atoms with Gasteiger partial charge in [-0.3, -0.25) is 28.8 Å². The van der Waals surface area contributed by atoms with E-state index in [9.17, 15) is 44.1 Å². The Balaban J connectivity index is 0.000000218. The van der Waals surface area contributed by atoms with Crippen LogP contribution in [-0.4, -0.2) is 94.5 Å². The fourth-order valence-electron chi connectivity index (χ4n) is 6.97. The lowest BCUT2D eigenvalue weighted by molar-refractivity contribution is -0.138. The molecule has 2 saturated heterocycles. The number of rotatable bonds is 15. The summed E-state index contributed by atoms with van der Waals surface area (Å²) < 4.78 is 16.8. The molecule has 298 valence electrons. The number of carbonyl (C=O) groups excluding carboxylic acids is 6. The second-order valence-electron chi connectivity index (χ2n) is 13.5. The van der Waals surface area contributed by atoms with Crippen LogP contribution in [0.4, 0.5) is 0 Å². The largest absolute Gasteiger partial charge is 0.507 e. The van der Waals surface area contributed by atoms with Crippen molar-refractivity contribution in [2.45, 2.75) is 63.7 Å². The Morgan fingerprint density at radius 3 is 1.39 bits per heavy atom. The molecule has 2 fully saturated rings. The molecule has 2 aliphatic rings. The maximum Gasteiger partial charge on any atom is 0.223 e. The number of nitrogens with zero attached hydrogens (tertiary/aromatic N) is 2. The Morgan fingerprint density at radius 1 is 0.561 bits per heavy atom. The van der Waals surface area contributed by atoms with Crippen LogP contribution < -0.4 is 14.2 Å². The van der Waals surface area contributed by atoms with E-state index in [-0.39, 0.29) is 95.6 Å². The number of aromatic hydroxyl groups is 3. The van der Waals surface area contributed by atoms with E-state index in [1.165, 1.54) is 25.3 Å². The summed E-state index contributed by atoms with van der Waals surface area (Å²) in [5, 5.41) is 29.4. The van der Waals surface area contributed by atoms with Crippen molar-refractivity contribution >= 4 is 37.0 Å². The molecule has 2 unspecified atom stereocenters. The summed E-state index contributed by atoms with van der Waals surface area (Å²) in [5.41, 5.74) is 1.98. The minimum absolute atomic E-state index is 0.0176. The number of methoxy groups -OCH3 is 1. The van der Waals surface area contributed by atoms with E-state index in [0.29, 0.717) is 67.0 Å². The summed E-state index contributed by atoms with van der Waals surface area (Å²) in [6.45, 7) is 0.760. The van der Waals surface area contributed by atoms with Crippen LogP contribution >= 0.6 is 0 Å². The lowest BCUT2D eigenvalue weighted by Crippen LogP contribution is -2.46. The highest BCUT2D eigenvalue weighted by atomic mass is 16.5. The number of carbonyl (C=O) groups is 6. The first-order valence-electron chi connectivity index (χ1n) is 18.4. The Bertz CT molecular complexity index is 2100. The Labute approximate surface area is 329 Å². The first kappa shape index (κ1) is 41.5. The smallest absolute Gasteiger partial charge is 0.223 e. The van der Waals surface area contributed by atoms with Gasteiger partial charge in [-0.2, -0.15) is 0 Å². The second kappa shape index (κ2) is 19.8. The lowest BCUT2D eigenvalue weighted by Gasteiger charge is -2.36. The molecule has 2 amide bonds. The van der Waals surface area contributed by atoms with E-state index in [4.69, 9.17) is 14.2 Å². The SMILES string of the molecule is COc1cccc(CN2C(=O)CCCC2COc2cccc(O)c2C=O)c1C=O.O=Cc1c(O)cccc1CN1C(=O)CCCC1COc1cccc(O)c1C=O. The molecule has 0 aliphatic carbocycles. The molecule has 2 heterocycles. The predicted molar refractivity (Wildman–Crippen MR) is 206 cm³/mol. The summed E-state index contributed by atoms with van der Waals surface area (Å²) in [7, 11) is 1.49. The van der Waals surface area contributed by atoms with Crippen molar-refractivity contribution < 1.29 is 58.3 Å². The number of amides is 2. The molecule has 2 atom stereocenters. The highest BCUT2D eigenvalue weighted by Crippen LogP contribution is 2.31. The van der Waals surface area contributed by atoms with Gasteiger partial charge in [-0.25, -0.2) is 0 Å². The van der Waals surface area contributed by atoms with E-state index in [1.54, 1.807) is 64.4 Å². The monoisotopic (exact) mass is 780 g/mol. The molecule has 0 aromatic heterocycles. The molecule has 14 nitrogen and oxygen atoms in total. The molecule has 0 spiro atoms. The Hall–Kier alpha value is -6.70. The van der Waals surface area contributed by atoms with Crippen LogP contribution in [0.3, 0.4) is 0 Å². The fraction of sp³-hybridized carbons (Fsp3) is 0.302.